The third-order valence-electron chi connectivity index (χ3n) is 3.24. The van der Waals surface area contributed by atoms with Crippen molar-refractivity contribution in [2.75, 3.05) is 18.0 Å². The zero-order valence-corrected chi connectivity index (χ0v) is 10.8. The number of aromatic amines is 1. The van der Waals surface area contributed by atoms with E-state index in [2.05, 4.69) is 14.9 Å². The molecule has 2 aliphatic rings. The molecule has 1 saturated heterocycles. The van der Waals surface area contributed by atoms with Gasteiger partial charge < -0.3 is 9.88 Å². The van der Waals surface area contributed by atoms with E-state index in [0.29, 0.717) is 0 Å². The molecule has 1 aromatic heterocycles. The second-order valence-corrected chi connectivity index (χ2v) is 5.74. The molecule has 3 heterocycles. The van der Waals surface area contributed by atoms with E-state index in [9.17, 15) is 0 Å². The Bertz CT molecular complexity index is 449. The molecule has 0 unspecified atom stereocenters. The minimum Gasteiger partial charge on any atom is -0.342 e. The number of fused-ring (bicyclic) bond motifs is 1. The number of anilines is 1. The van der Waals surface area contributed by atoms with Gasteiger partial charge in [-0.25, -0.2) is 4.98 Å². The summed E-state index contributed by atoms with van der Waals surface area (Å²) in [4.78, 5) is 10.3. The molecule has 0 aromatic carbocycles. The van der Waals surface area contributed by atoms with E-state index >= 15 is 0 Å². The Morgan fingerprint density at radius 2 is 2.00 bits per heavy atom. The zero-order valence-electron chi connectivity index (χ0n) is 9.16. The van der Waals surface area contributed by atoms with E-state index in [0.717, 1.165) is 35.2 Å². The summed E-state index contributed by atoms with van der Waals surface area (Å²) in [7, 11) is 0. The Morgan fingerprint density at radius 1 is 1.19 bits per heavy atom. The highest BCUT2D eigenvalue weighted by atomic mass is 32.2. The van der Waals surface area contributed by atoms with Gasteiger partial charge in [-0.05, 0) is 19.3 Å². The fourth-order valence-electron chi connectivity index (χ4n) is 2.31. The number of nitrogens with one attached hydrogen (secondary N) is 1. The number of hydrogen-bond acceptors (Lipinski definition) is 4. The maximum Gasteiger partial charge on any atom is 0.204 e. The Labute approximate surface area is 105 Å². The zero-order chi connectivity index (χ0) is 11.0. The van der Waals surface area contributed by atoms with E-state index < -0.39 is 0 Å². The van der Waals surface area contributed by atoms with Gasteiger partial charge in [0.05, 0.1) is 0 Å². The van der Waals surface area contributed by atoms with Gasteiger partial charge in [0.1, 0.15) is 4.64 Å². The highest BCUT2D eigenvalue weighted by Crippen LogP contribution is 2.30. The molecule has 0 aliphatic carbocycles. The van der Waals surface area contributed by atoms with Crippen LogP contribution >= 0.6 is 24.0 Å². The lowest BCUT2D eigenvalue weighted by Gasteiger charge is -2.27. The quantitative estimate of drug-likeness (QED) is 0.780. The SMILES string of the molecule is S=c1nc(N2CCCCC2)[nH]c2c1CSC2. The van der Waals surface area contributed by atoms with Crippen molar-refractivity contribution in [1.29, 1.82) is 0 Å². The minimum absolute atomic E-state index is 0.805. The van der Waals surface area contributed by atoms with Gasteiger partial charge in [0.25, 0.3) is 0 Å². The predicted molar refractivity (Wildman–Crippen MR) is 70.5 cm³/mol. The lowest BCUT2D eigenvalue weighted by atomic mass is 10.1. The van der Waals surface area contributed by atoms with Gasteiger partial charge in [-0.1, -0.05) is 12.2 Å². The van der Waals surface area contributed by atoms with Gasteiger partial charge in [0.15, 0.2) is 0 Å². The van der Waals surface area contributed by atoms with Crippen LogP contribution in [0.3, 0.4) is 0 Å². The maximum atomic E-state index is 5.36. The second kappa shape index (κ2) is 4.37. The van der Waals surface area contributed by atoms with Crippen molar-refractivity contribution in [2.45, 2.75) is 30.8 Å². The number of H-pyrrole nitrogens is 1. The van der Waals surface area contributed by atoms with Crippen LogP contribution in [0.25, 0.3) is 0 Å². The Morgan fingerprint density at radius 3 is 2.81 bits per heavy atom. The maximum absolute atomic E-state index is 5.36. The Balaban J connectivity index is 1.96. The lowest BCUT2D eigenvalue weighted by molar-refractivity contribution is 0.567. The number of aromatic nitrogens is 2. The number of thioether (sulfide) groups is 1. The van der Waals surface area contributed by atoms with Crippen LogP contribution < -0.4 is 4.90 Å². The van der Waals surface area contributed by atoms with Gasteiger partial charge in [0, 0.05) is 35.9 Å². The average Bonchev–Trinajstić information content (AvgIpc) is 2.79. The largest absolute Gasteiger partial charge is 0.342 e. The van der Waals surface area contributed by atoms with E-state index in [-0.39, 0.29) is 0 Å². The van der Waals surface area contributed by atoms with Crippen molar-refractivity contribution in [3.63, 3.8) is 0 Å². The van der Waals surface area contributed by atoms with Crippen molar-refractivity contribution >= 4 is 29.9 Å². The van der Waals surface area contributed by atoms with E-state index in [4.69, 9.17) is 12.2 Å². The summed E-state index contributed by atoms with van der Waals surface area (Å²) >= 11 is 7.28. The van der Waals surface area contributed by atoms with Gasteiger partial charge in [-0.15, -0.1) is 0 Å². The Hall–Kier alpha value is -0.550. The van der Waals surface area contributed by atoms with Gasteiger partial charge in [-0.2, -0.15) is 11.8 Å². The molecule has 1 fully saturated rings. The van der Waals surface area contributed by atoms with E-state index in [1.807, 2.05) is 11.8 Å². The van der Waals surface area contributed by atoms with Crippen LogP contribution in [0, 0.1) is 4.64 Å². The minimum atomic E-state index is 0.805. The summed E-state index contributed by atoms with van der Waals surface area (Å²) in [6.07, 6.45) is 3.89. The first-order valence-electron chi connectivity index (χ1n) is 5.79. The average molecular weight is 253 g/mol. The highest BCUT2D eigenvalue weighted by Gasteiger charge is 2.18. The molecule has 5 heteroatoms. The molecule has 1 N–H and O–H groups in total. The molecule has 0 amide bonds. The molecule has 0 saturated carbocycles. The fourth-order valence-corrected chi connectivity index (χ4v) is 3.75. The van der Waals surface area contributed by atoms with Crippen molar-refractivity contribution in [3.05, 3.63) is 15.9 Å². The Kier molecular flexibility index (Phi) is 2.90. The van der Waals surface area contributed by atoms with Crippen molar-refractivity contribution in [3.8, 4) is 0 Å². The third kappa shape index (κ3) is 1.86. The summed E-state index contributed by atoms with van der Waals surface area (Å²) in [5, 5.41) is 0. The molecule has 0 atom stereocenters. The van der Waals surface area contributed by atoms with Crippen molar-refractivity contribution in [2.24, 2.45) is 0 Å². The first kappa shape index (κ1) is 10.6. The molecular formula is C11H15N3S2. The van der Waals surface area contributed by atoms with Crippen LogP contribution in [-0.2, 0) is 11.5 Å². The smallest absolute Gasteiger partial charge is 0.204 e. The summed E-state index contributed by atoms with van der Waals surface area (Å²) in [6.45, 7) is 2.23. The molecule has 2 aliphatic heterocycles. The number of piperidine rings is 1. The van der Waals surface area contributed by atoms with E-state index in [1.54, 1.807) is 0 Å². The molecule has 3 nitrogen and oxygen atoms in total. The topological polar surface area (TPSA) is 31.9 Å². The summed E-state index contributed by atoms with van der Waals surface area (Å²) in [5.41, 5.74) is 2.55. The number of hydrogen-bond donors (Lipinski definition) is 1. The molecule has 0 radical (unpaired) electrons. The molecule has 86 valence electrons. The molecule has 0 bridgehead atoms. The molecule has 16 heavy (non-hydrogen) atoms. The molecular weight excluding hydrogens is 238 g/mol. The first-order valence-corrected chi connectivity index (χ1v) is 7.35. The lowest BCUT2D eigenvalue weighted by Crippen LogP contribution is -2.31. The predicted octanol–water partition coefficient (Wildman–Crippen LogP) is 2.88. The molecule has 3 rings (SSSR count). The summed E-state index contributed by atoms with van der Waals surface area (Å²) in [5.74, 6) is 3.08. The highest BCUT2D eigenvalue weighted by molar-refractivity contribution is 7.98. The molecule has 1 aromatic rings. The standard InChI is InChI=1S/C11H15N3S2/c15-10-8-6-16-7-9(8)12-11(13-10)14-4-2-1-3-5-14/h1-7H2,(H,12,13,15). The monoisotopic (exact) mass is 253 g/mol. The summed E-state index contributed by atoms with van der Waals surface area (Å²) < 4.78 is 0.805. The van der Waals surface area contributed by atoms with Crippen LogP contribution in [0.4, 0.5) is 5.95 Å². The third-order valence-corrected chi connectivity index (χ3v) is 4.56. The summed E-state index contributed by atoms with van der Waals surface area (Å²) in [6, 6.07) is 0. The van der Waals surface area contributed by atoms with Gasteiger partial charge >= 0.3 is 0 Å². The van der Waals surface area contributed by atoms with Crippen molar-refractivity contribution in [1.82, 2.24) is 9.97 Å². The van der Waals surface area contributed by atoms with Crippen LogP contribution in [0.15, 0.2) is 0 Å². The van der Waals surface area contributed by atoms with Crippen molar-refractivity contribution < 1.29 is 0 Å². The fraction of sp³-hybridized carbons (Fsp3) is 0.636. The van der Waals surface area contributed by atoms with Gasteiger partial charge in [0.2, 0.25) is 5.95 Å². The molecule has 0 spiro atoms. The second-order valence-electron chi connectivity index (χ2n) is 4.36. The normalized spacial score (nSPS) is 19.9. The van der Waals surface area contributed by atoms with E-state index in [1.165, 1.54) is 30.5 Å². The van der Waals surface area contributed by atoms with Crippen LogP contribution in [-0.4, -0.2) is 23.1 Å². The first-order chi connectivity index (χ1) is 7.84. The van der Waals surface area contributed by atoms with Gasteiger partial charge in [-0.3, -0.25) is 0 Å². The van der Waals surface area contributed by atoms with Crippen LogP contribution in [0.5, 0.6) is 0 Å². The number of nitrogens with zero attached hydrogens (tertiary/aromatic N) is 2. The van der Waals surface area contributed by atoms with Crippen LogP contribution in [0.2, 0.25) is 0 Å². The van der Waals surface area contributed by atoms with Crippen LogP contribution in [0.1, 0.15) is 30.5 Å². The number of rotatable bonds is 1.